The molecule has 1 aromatic heterocycles. The minimum absolute atomic E-state index is 0.00344. The number of aliphatic hydroxyl groups is 1. The van der Waals surface area contributed by atoms with Crippen LogP contribution in [-0.4, -0.2) is 39.7 Å². The van der Waals surface area contributed by atoms with Crippen LogP contribution in [0.4, 0.5) is 10.5 Å². The Labute approximate surface area is 207 Å². The standard InChI is InChI=1S/C24H28N4O4S2/c1-3-25-23(30)26-19-6-4-5-18(11-19)22-31-20(14-33-24-28-27-15(2)34-24)12-21(32-22)17-9-7-16(13-29)8-10-17/h4-11,20-22,29H,3,12-14H2,1-2H3,(H2,25,26,30)/t20-,21+,22?/m0/s1. The first-order valence-corrected chi connectivity index (χ1v) is 12.9. The van der Waals surface area contributed by atoms with E-state index in [4.69, 9.17) is 9.47 Å². The maximum Gasteiger partial charge on any atom is 0.319 e. The number of thioether (sulfide) groups is 1. The van der Waals surface area contributed by atoms with Gasteiger partial charge in [-0.1, -0.05) is 59.5 Å². The number of benzene rings is 2. The second-order valence-corrected chi connectivity index (χ2v) is 10.3. The molecule has 1 unspecified atom stereocenters. The fourth-order valence-electron chi connectivity index (χ4n) is 3.62. The van der Waals surface area contributed by atoms with Gasteiger partial charge in [0, 0.05) is 30.0 Å². The molecule has 0 radical (unpaired) electrons. The van der Waals surface area contributed by atoms with E-state index in [0.717, 1.165) is 31.8 Å². The van der Waals surface area contributed by atoms with Crippen molar-refractivity contribution in [1.29, 1.82) is 0 Å². The quantitative estimate of drug-likeness (QED) is 0.381. The van der Waals surface area contributed by atoms with E-state index in [0.29, 0.717) is 18.7 Å². The van der Waals surface area contributed by atoms with Gasteiger partial charge in [-0.15, -0.1) is 10.2 Å². The lowest BCUT2D eigenvalue weighted by Gasteiger charge is -2.36. The molecular formula is C24H28N4O4S2. The summed E-state index contributed by atoms with van der Waals surface area (Å²) in [7, 11) is 0. The summed E-state index contributed by atoms with van der Waals surface area (Å²) in [5.74, 6) is 0.719. The molecule has 1 aliphatic heterocycles. The monoisotopic (exact) mass is 500 g/mol. The molecule has 34 heavy (non-hydrogen) atoms. The first kappa shape index (κ1) is 24.6. The van der Waals surface area contributed by atoms with E-state index in [1.807, 2.05) is 62.4 Å². The zero-order valence-corrected chi connectivity index (χ0v) is 20.7. The fourth-order valence-corrected chi connectivity index (χ4v) is 5.48. The van der Waals surface area contributed by atoms with Crippen LogP contribution in [0.2, 0.25) is 0 Å². The second kappa shape index (κ2) is 11.8. The highest BCUT2D eigenvalue weighted by Gasteiger charge is 2.32. The Bertz CT molecular complexity index is 1090. The van der Waals surface area contributed by atoms with Gasteiger partial charge in [0.2, 0.25) is 0 Å². The number of amides is 2. The molecule has 1 saturated heterocycles. The highest BCUT2D eigenvalue weighted by Crippen LogP contribution is 2.40. The van der Waals surface area contributed by atoms with E-state index in [9.17, 15) is 9.90 Å². The lowest BCUT2D eigenvalue weighted by molar-refractivity contribution is -0.245. The SMILES string of the molecule is CCNC(=O)Nc1cccc(C2O[C@H](CSc3nnc(C)s3)C[C@H](c3ccc(CO)cc3)O2)c1. The van der Waals surface area contributed by atoms with Crippen molar-refractivity contribution < 1.29 is 19.4 Å². The average Bonchev–Trinajstić information content (AvgIpc) is 3.28. The lowest BCUT2D eigenvalue weighted by Crippen LogP contribution is -2.31. The Morgan fingerprint density at radius 1 is 1.18 bits per heavy atom. The van der Waals surface area contributed by atoms with Crippen LogP contribution >= 0.6 is 23.1 Å². The van der Waals surface area contributed by atoms with Gasteiger partial charge in [0.25, 0.3) is 0 Å². The number of anilines is 1. The molecule has 2 amide bonds. The number of aliphatic hydroxyl groups excluding tert-OH is 1. The van der Waals surface area contributed by atoms with E-state index in [-0.39, 0.29) is 24.8 Å². The van der Waals surface area contributed by atoms with Gasteiger partial charge in [-0.05, 0) is 37.1 Å². The number of hydrogen-bond donors (Lipinski definition) is 3. The number of hydrogen-bond acceptors (Lipinski definition) is 8. The van der Waals surface area contributed by atoms with Crippen molar-refractivity contribution in [2.45, 2.75) is 49.7 Å². The largest absolute Gasteiger partial charge is 0.392 e. The van der Waals surface area contributed by atoms with Crippen molar-refractivity contribution in [3.8, 4) is 0 Å². The molecule has 8 nitrogen and oxygen atoms in total. The Hall–Kier alpha value is -2.50. The van der Waals surface area contributed by atoms with Crippen LogP contribution in [0.15, 0.2) is 52.9 Å². The minimum atomic E-state index is -0.589. The molecule has 0 spiro atoms. The summed E-state index contributed by atoms with van der Waals surface area (Å²) in [6.07, 6.45) is -0.144. The molecule has 2 aromatic carbocycles. The van der Waals surface area contributed by atoms with Crippen molar-refractivity contribution in [2.24, 2.45) is 0 Å². The van der Waals surface area contributed by atoms with Gasteiger partial charge in [0.05, 0.1) is 18.8 Å². The topological polar surface area (TPSA) is 106 Å². The number of aryl methyl sites for hydroxylation is 1. The van der Waals surface area contributed by atoms with Crippen LogP contribution in [0.25, 0.3) is 0 Å². The van der Waals surface area contributed by atoms with Crippen LogP contribution in [-0.2, 0) is 16.1 Å². The Balaban J connectivity index is 1.53. The van der Waals surface area contributed by atoms with E-state index < -0.39 is 6.29 Å². The Kier molecular flexibility index (Phi) is 8.52. The maximum absolute atomic E-state index is 11.9. The van der Waals surface area contributed by atoms with Gasteiger partial charge in [-0.25, -0.2) is 4.79 Å². The van der Waals surface area contributed by atoms with Gasteiger partial charge >= 0.3 is 6.03 Å². The summed E-state index contributed by atoms with van der Waals surface area (Å²) in [6.45, 7) is 4.36. The van der Waals surface area contributed by atoms with Crippen molar-refractivity contribution >= 4 is 34.8 Å². The second-order valence-electron chi connectivity index (χ2n) is 7.86. The average molecular weight is 501 g/mol. The van der Waals surface area contributed by atoms with E-state index >= 15 is 0 Å². The van der Waals surface area contributed by atoms with Gasteiger partial charge < -0.3 is 25.2 Å². The minimum Gasteiger partial charge on any atom is -0.392 e. The molecule has 3 N–H and O–H groups in total. The van der Waals surface area contributed by atoms with Crippen LogP contribution in [0.5, 0.6) is 0 Å². The van der Waals surface area contributed by atoms with Crippen molar-refractivity contribution in [3.63, 3.8) is 0 Å². The summed E-state index contributed by atoms with van der Waals surface area (Å²) >= 11 is 3.20. The van der Waals surface area contributed by atoms with E-state index in [1.165, 1.54) is 0 Å². The molecule has 0 bridgehead atoms. The number of ether oxygens (including phenoxy) is 2. The summed E-state index contributed by atoms with van der Waals surface area (Å²) in [5, 5.41) is 24.2. The summed E-state index contributed by atoms with van der Waals surface area (Å²) in [6, 6.07) is 15.1. The van der Waals surface area contributed by atoms with Gasteiger partial charge in [-0.3, -0.25) is 0 Å². The number of rotatable bonds is 8. The summed E-state index contributed by atoms with van der Waals surface area (Å²) in [5.41, 5.74) is 3.38. The molecular weight excluding hydrogens is 472 g/mol. The van der Waals surface area contributed by atoms with Crippen LogP contribution < -0.4 is 10.6 Å². The number of nitrogens with one attached hydrogen (secondary N) is 2. The Morgan fingerprint density at radius 3 is 2.71 bits per heavy atom. The Morgan fingerprint density at radius 2 is 2.00 bits per heavy atom. The first-order chi connectivity index (χ1) is 16.5. The van der Waals surface area contributed by atoms with Gasteiger partial charge in [-0.2, -0.15) is 0 Å². The lowest BCUT2D eigenvalue weighted by atomic mass is 10.0. The molecule has 1 fully saturated rings. The number of carbonyl (C=O) groups excluding carboxylic acids is 1. The van der Waals surface area contributed by atoms with E-state index in [2.05, 4.69) is 20.8 Å². The summed E-state index contributed by atoms with van der Waals surface area (Å²) in [4.78, 5) is 11.9. The first-order valence-electron chi connectivity index (χ1n) is 11.1. The van der Waals surface area contributed by atoms with Crippen molar-refractivity contribution in [2.75, 3.05) is 17.6 Å². The molecule has 4 rings (SSSR count). The zero-order chi connectivity index (χ0) is 23.9. The highest BCUT2D eigenvalue weighted by atomic mass is 32.2. The van der Waals surface area contributed by atoms with E-state index in [1.54, 1.807) is 23.1 Å². The normalized spacial score (nSPS) is 20.1. The summed E-state index contributed by atoms with van der Waals surface area (Å²) < 4.78 is 13.6. The molecule has 10 heteroatoms. The maximum atomic E-state index is 11.9. The zero-order valence-electron chi connectivity index (χ0n) is 19.1. The molecule has 0 aliphatic carbocycles. The predicted octanol–water partition coefficient (Wildman–Crippen LogP) is 4.82. The van der Waals surface area contributed by atoms with Gasteiger partial charge in [0.15, 0.2) is 10.6 Å². The third-order valence-corrected chi connectivity index (χ3v) is 7.37. The number of urea groups is 1. The molecule has 3 atom stereocenters. The van der Waals surface area contributed by atoms with Crippen molar-refractivity contribution in [3.05, 3.63) is 70.2 Å². The molecule has 1 aliphatic rings. The molecule has 3 aromatic rings. The molecule has 0 saturated carbocycles. The third-order valence-electron chi connectivity index (χ3n) is 5.27. The van der Waals surface area contributed by atoms with Crippen LogP contribution in [0.1, 0.15) is 47.4 Å². The number of nitrogens with zero attached hydrogens (tertiary/aromatic N) is 2. The predicted molar refractivity (Wildman–Crippen MR) is 133 cm³/mol. The van der Waals surface area contributed by atoms with Crippen molar-refractivity contribution in [1.82, 2.24) is 15.5 Å². The molecule has 2 heterocycles. The number of carbonyl (C=O) groups is 1. The smallest absolute Gasteiger partial charge is 0.319 e. The van der Waals surface area contributed by atoms with Crippen LogP contribution in [0.3, 0.4) is 0 Å². The number of aromatic nitrogens is 2. The van der Waals surface area contributed by atoms with Gasteiger partial charge in [0.1, 0.15) is 5.01 Å². The highest BCUT2D eigenvalue weighted by molar-refractivity contribution is 8.01. The molecule has 180 valence electrons. The third kappa shape index (κ3) is 6.55. The van der Waals surface area contributed by atoms with Crippen LogP contribution in [0, 0.1) is 6.92 Å². The fraction of sp³-hybridized carbons (Fsp3) is 0.375.